The van der Waals surface area contributed by atoms with E-state index in [4.69, 9.17) is 4.99 Å². The largest absolute Gasteiger partial charge is 0.354 e. The Balaban J connectivity index is 1.52. The van der Waals surface area contributed by atoms with Gasteiger partial charge in [0, 0.05) is 22.5 Å². The fraction of sp³-hybridized carbons (Fsp3) is 0.0741. The maximum atomic E-state index is 4.99. The van der Waals surface area contributed by atoms with Gasteiger partial charge in [0.05, 0.1) is 11.1 Å². The topological polar surface area (TPSA) is 24.4 Å². The molecule has 0 aliphatic carbocycles. The number of hydrogen-bond donors (Lipinski definition) is 1. The molecular weight excluding hydrogens is 384 g/mol. The molecule has 1 heterocycles. The van der Waals surface area contributed by atoms with E-state index >= 15 is 0 Å². The molecule has 4 aromatic carbocycles. The van der Waals surface area contributed by atoms with Gasteiger partial charge < -0.3 is 5.32 Å². The second kappa shape index (κ2) is 8.60. The summed E-state index contributed by atoms with van der Waals surface area (Å²) in [4.78, 5) is 4.99. The standard InChI is InChI=1S/C27H22N2S/c1-3-11-21(12-4-1)25(28-24-17-9-15-20-10-7-8-16-23(20)24)18-27-29-26(19-30-27)22-13-5-2-6-14-22/h1-18,26,28H,19H2. The molecule has 1 unspecified atom stereocenters. The average molecular weight is 407 g/mol. The Hall–Kier alpha value is -3.30. The summed E-state index contributed by atoms with van der Waals surface area (Å²) >= 11 is 1.82. The monoisotopic (exact) mass is 406 g/mol. The van der Waals surface area contributed by atoms with Gasteiger partial charge in [0.2, 0.25) is 0 Å². The van der Waals surface area contributed by atoms with Crippen LogP contribution in [0.1, 0.15) is 17.2 Å². The lowest BCUT2D eigenvalue weighted by Gasteiger charge is -2.14. The molecule has 4 aromatic rings. The molecule has 2 nitrogen and oxygen atoms in total. The third kappa shape index (κ3) is 4.03. The first kappa shape index (κ1) is 18.7. The van der Waals surface area contributed by atoms with Crippen molar-refractivity contribution in [3.63, 3.8) is 0 Å². The predicted octanol–water partition coefficient (Wildman–Crippen LogP) is 7.18. The zero-order chi connectivity index (χ0) is 20.2. The van der Waals surface area contributed by atoms with Crippen molar-refractivity contribution in [2.24, 2.45) is 4.99 Å². The summed E-state index contributed by atoms with van der Waals surface area (Å²) in [6, 6.07) is 36.1. The molecule has 1 aliphatic rings. The molecule has 3 heteroatoms. The van der Waals surface area contributed by atoms with Crippen LogP contribution in [0.25, 0.3) is 16.5 Å². The quantitative estimate of drug-likeness (QED) is 0.380. The van der Waals surface area contributed by atoms with Crippen molar-refractivity contribution in [1.82, 2.24) is 0 Å². The molecule has 0 saturated carbocycles. The molecule has 0 bridgehead atoms. The van der Waals surface area contributed by atoms with Gasteiger partial charge in [-0.05, 0) is 28.7 Å². The Morgan fingerprint density at radius 3 is 2.33 bits per heavy atom. The Labute approximate surface area is 181 Å². The highest BCUT2D eigenvalue weighted by atomic mass is 32.2. The lowest BCUT2D eigenvalue weighted by atomic mass is 10.1. The van der Waals surface area contributed by atoms with Crippen molar-refractivity contribution in [3.8, 4) is 0 Å². The summed E-state index contributed by atoms with van der Waals surface area (Å²) < 4.78 is 0. The van der Waals surface area contributed by atoms with Gasteiger partial charge in [0.25, 0.3) is 0 Å². The molecule has 0 aromatic heterocycles. The van der Waals surface area contributed by atoms with E-state index < -0.39 is 0 Å². The molecule has 1 aliphatic heterocycles. The van der Waals surface area contributed by atoms with Crippen molar-refractivity contribution in [3.05, 3.63) is 120 Å². The van der Waals surface area contributed by atoms with Crippen molar-refractivity contribution in [2.75, 3.05) is 11.1 Å². The Morgan fingerprint density at radius 1 is 0.800 bits per heavy atom. The van der Waals surface area contributed by atoms with E-state index in [1.165, 1.54) is 16.3 Å². The fourth-order valence-corrected chi connectivity index (χ4v) is 4.73. The van der Waals surface area contributed by atoms with E-state index in [9.17, 15) is 0 Å². The first-order valence-electron chi connectivity index (χ1n) is 10.1. The Kier molecular flexibility index (Phi) is 5.36. The minimum atomic E-state index is 0.219. The van der Waals surface area contributed by atoms with E-state index in [1.54, 1.807) is 0 Å². The van der Waals surface area contributed by atoms with Crippen LogP contribution in [-0.2, 0) is 0 Å². The highest BCUT2D eigenvalue weighted by molar-refractivity contribution is 8.14. The van der Waals surface area contributed by atoms with E-state index in [-0.39, 0.29) is 6.04 Å². The normalized spacial score (nSPS) is 16.5. The van der Waals surface area contributed by atoms with Crippen molar-refractivity contribution in [2.45, 2.75) is 6.04 Å². The number of anilines is 1. The third-order valence-electron chi connectivity index (χ3n) is 5.27. The molecule has 146 valence electrons. The van der Waals surface area contributed by atoms with Gasteiger partial charge >= 0.3 is 0 Å². The van der Waals surface area contributed by atoms with Crippen molar-refractivity contribution >= 4 is 39.0 Å². The van der Waals surface area contributed by atoms with E-state index in [1.807, 2.05) is 17.8 Å². The summed E-state index contributed by atoms with van der Waals surface area (Å²) in [6.07, 6.45) is 2.19. The maximum Gasteiger partial charge on any atom is 0.0934 e. The molecule has 0 amide bonds. The van der Waals surface area contributed by atoms with E-state index in [2.05, 4.69) is 108 Å². The van der Waals surface area contributed by atoms with Crippen LogP contribution in [0.15, 0.2) is 114 Å². The molecule has 1 atom stereocenters. The van der Waals surface area contributed by atoms with Gasteiger partial charge in [-0.25, -0.2) is 0 Å². The van der Waals surface area contributed by atoms with Crippen LogP contribution in [0.5, 0.6) is 0 Å². The molecule has 5 rings (SSSR count). The van der Waals surface area contributed by atoms with Gasteiger partial charge in [-0.3, -0.25) is 4.99 Å². The molecule has 30 heavy (non-hydrogen) atoms. The summed E-state index contributed by atoms with van der Waals surface area (Å²) in [6.45, 7) is 0. The number of rotatable bonds is 5. The summed E-state index contributed by atoms with van der Waals surface area (Å²) in [5, 5.41) is 7.19. The minimum Gasteiger partial charge on any atom is -0.354 e. The first-order chi connectivity index (χ1) is 14.9. The van der Waals surface area contributed by atoms with Crippen LogP contribution in [0, 0.1) is 0 Å². The summed E-state index contributed by atoms with van der Waals surface area (Å²) in [7, 11) is 0. The number of hydrogen-bond acceptors (Lipinski definition) is 3. The number of nitrogens with zero attached hydrogens (tertiary/aromatic N) is 1. The zero-order valence-corrected chi connectivity index (χ0v) is 17.3. The Morgan fingerprint density at radius 2 is 1.50 bits per heavy atom. The Bertz CT molecular complexity index is 1210. The van der Waals surface area contributed by atoms with Gasteiger partial charge in [-0.2, -0.15) is 0 Å². The maximum absolute atomic E-state index is 4.99. The minimum absolute atomic E-state index is 0.219. The number of benzene rings is 4. The highest BCUT2D eigenvalue weighted by Crippen LogP contribution is 2.33. The van der Waals surface area contributed by atoms with E-state index in [0.717, 1.165) is 27.7 Å². The van der Waals surface area contributed by atoms with Crippen molar-refractivity contribution < 1.29 is 0 Å². The highest BCUT2D eigenvalue weighted by Gasteiger charge is 2.19. The third-order valence-corrected chi connectivity index (χ3v) is 6.27. The SMILES string of the molecule is C(=C(Nc1cccc2ccccc12)c1ccccc1)C1=NC(c2ccccc2)CS1. The molecule has 0 saturated heterocycles. The number of nitrogens with one attached hydrogen (secondary N) is 1. The van der Waals surface area contributed by atoms with Gasteiger partial charge in [-0.15, -0.1) is 11.8 Å². The first-order valence-corrected chi connectivity index (χ1v) is 11.1. The van der Waals surface area contributed by atoms with Gasteiger partial charge in [0.1, 0.15) is 0 Å². The van der Waals surface area contributed by atoms with Gasteiger partial charge in [-0.1, -0.05) is 97.1 Å². The molecular formula is C27H22N2S. The molecule has 0 radical (unpaired) electrons. The second-order valence-corrected chi connectivity index (χ2v) is 8.32. The van der Waals surface area contributed by atoms with Crippen LogP contribution in [0.3, 0.4) is 0 Å². The van der Waals surface area contributed by atoms with Crippen LogP contribution < -0.4 is 5.32 Å². The summed E-state index contributed by atoms with van der Waals surface area (Å²) in [5.41, 5.74) is 4.59. The lowest BCUT2D eigenvalue weighted by Crippen LogP contribution is -2.01. The average Bonchev–Trinajstić information content (AvgIpc) is 3.29. The fourth-order valence-electron chi connectivity index (χ4n) is 3.73. The van der Waals surface area contributed by atoms with Crippen LogP contribution in [0.2, 0.25) is 0 Å². The molecule has 0 spiro atoms. The zero-order valence-electron chi connectivity index (χ0n) is 16.5. The smallest absolute Gasteiger partial charge is 0.0934 e. The van der Waals surface area contributed by atoms with Gasteiger partial charge in [0.15, 0.2) is 0 Å². The molecule has 0 fully saturated rings. The second-order valence-electron chi connectivity index (χ2n) is 7.28. The summed E-state index contributed by atoms with van der Waals surface area (Å²) in [5.74, 6) is 0.978. The number of thioether (sulfide) groups is 1. The molecule has 1 N–H and O–H groups in total. The lowest BCUT2D eigenvalue weighted by molar-refractivity contribution is 0.850. The predicted molar refractivity (Wildman–Crippen MR) is 131 cm³/mol. The van der Waals surface area contributed by atoms with Crippen LogP contribution in [0.4, 0.5) is 5.69 Å². The van der Waals surface area contributed by atoms with Crippen molar-refractivity contribution in [1.29, 1.82) is 0 Å². The van der Waals surface area contributed by atoms with Crippen LogP contribution in [-0.4, -0.2) is 10.8 Å². The number of fused-ring (bicyclic) bond motifs is 1. The number of aliphatic imine (C=N–C) groups is 1. The van der Waals surface area contributed by atoms with E-state index in [0.29, 0.717) is 0 Å². The van der Waals surface area contributed by atoms with Crippen LogP contribution >= 0.6 is 11.8 Å².